The molecule has 1 aromatic rings. The monoisotopic (exact) mass is 285 g/mol. The van der Waals surface area contributed by atoms with Crippen LogP contribution in [-0.4, -0.2) is 0 Å². The predicted molar refractivity (Wildman–Crippen MR) is 95.8 cm³/mol. The second-order valence-electron chi connectivity index (χ2n) is 7.82. The highest BCUT2D eigenvalue weighted by atomic mass is 14.6. The smallest absolute Gasteiger partial charge is 0.0385 e. The highest BCUT2D eigenvalue weighted by molar-refractivity contribution is 5.58. The molecule has 0 aromatic heterocycles. The first-order chi connectivity index (χ1) is 9.60. The Hall–Kier alpha value is -1.50. The predicted octanol–water partition coefficient (Wildman–Crippen LogP) is 5.44. The SMILES string of the molecule is C=CCc1cc(C(C)(C)CC(C)(C)C)cc(CC=C)c1N. The molecule has 0 atom stereocenters. The van der Waals surface area contributed by atoms with Crippen LogP contribution in [0.1, 0.15) is 57.7 Å². The third kappa shape index (κ3) is 4.77. The van der Waals surface area contributed by atoms with E-state index in [-0.39, 0.29) is 5.41 Å². The van der Waals surface area contributed by atoms with Crippen molar-refractivity contribution >= 4 is 5.69 Å². The van der Waals surface area contributed by atoms with Gasteiger partial charge in [0.2, 0.25) is 0 Å². The van der Waals surface area contributed by atoms with Gasteiger partial charge in [0, 0.05) is 5.69 Å². The molecule has 0 bridgehead atoms. The molecule has 21 heavy (non-hydrogen) atoms. The summed E-state index contributed by atoms with van der Waals surface area (Å²) in [5.41, 5.74) is 11.3. The maximum atomic E-state index is 6.30. The molecule has 1 aromatic carbocycles. The Kier molecular flexibility index (Phi) is 5.44. The molecule has 0 aliphatic carbocycles. The lowest BCUT2D eigenvalue weighted by Crippen LogP contribution is -2.25. The van der Waals surface area contributed by atoms with E-state index in [9.17, 15) is 0 Å². The van der Waals surface area contributed by atoms with Crippen LogP contribution < -0.4 is 5.73 Å². The van der Waals surface area contributed by atoms with E-state index in [1.54, 1.807) is 0 Å². The Labute approximate surface area is 131 Å². The zero-order valence-corrected chi connectivity index (χ0v) is 14.4. The van der Waals surface area contributed by atoms with E-state index in [0.29, 0.717) is 5.41 Å². The summed E-state index contributed by atoms with van der Waals surface area (Å²) in [6, 6.07) is 4.52. The minimum absolute atomic E-state index is 0.123. The highest BCUT2D eigenvalue weighted by Gasteiger charge is 2.28. The van der Waals surface area contributed by atoms with Gasteiger partial charge < -0.3 is 5.73 Å². The van der Waals surface area contributed by atoms with Crippen LogP contribution in [0.2, 0.25) is 0 Å². The first-order valence-corrected chi connectivity index (χ1v) is 7.74. The summed E-state index contributed by atoms with van der Waals surface area (Å²) in [6.45, 7) is 19.2. The van der Waals surface area contributed by atoms with Gasteiger partial charge in [0.25, 0.3) is 0 Å². The van der Waals surface area contributed by atoms with Gasteiger partial charge in [-0.05, 0) is 46.8 Å². The van der Waals surface area contributed by atoms with E-state index in [1.807, 2.05) is 12.2 Å². The molecule has 0 spiro atoms. The number of hydrogen-bond acceptors (Lipinski definition) is 1. The van der Waals surface area contributed by atoms with E-state index in [2.05, 4.69) is 59.9 Å². The Balaban J connectivity index is 3.34. The summed E-state index contributed by atoms with van der Waals surface area (Å²) < 4.78 is 0. The molecule has 0 aliphatic heterocycles. The number of anilines is 1. The summed E-state index contributed by atoms with van der Waals surface area (Å²) in [6.07, 6.45) is 6.60. The molecule has 0 heterocycles. The van der Waals surface area contributed by atoms with Crippen molar-refractivity contribution in [2.45, 2.75) is 59.3 Å². The van der Waals surface area contributed by atoms with Gasteiger partial charge in [-0.2, -0.15) is 0 Å². The molecule has 0 radical (unpaired) electrons. The fraction of sp³-hybridized carbons (Fsp3) is 0.500. The zero-order valence-electron chi connectivity index (χ0n) is 14.4. The number of rotatable bonds is 6. The van der Waals surface area contributed by atoms with Crippen molar-refractivity contribution in [3.05, 3.63) is 54.1 Å². The van der Waals surface area contributed by atoms with Crippen molar-refractivity contribution in [2.75, 3.05) is 5.73 Å². The van der Waals surface area contributed by atoms with Gasteiger partial charge in [-0.3, -0.25) is 0 Å². The maximum Gasteiger partial charge on any atom is 0.0385 e. The lowest BCUT2D eigenvalue weighted by Gasteiger charge is -2.34. The molecule has 0 amide bonds. The maximum absolute atomic E-state index is 6.30. The van der Waals surface area contributed by atoms with Crippen LogP contribution in [0.3, 0.4) is 0 Å². The van der Waals surface area contributed by atoms with E-state index in [0.717, 1.165) is 24.9 Å². The number of allylic oxidation sites excluding steroid dienone is 2. The molecule has 0 saturated heterocycles. The van der Waals surface area contributed by atoms with E-state index in [4.69, 9.17) is 5.73 Å². The standard InChI is InChI=1S/C20H31N/c1-8-10-15-12-17(13-16(11-9-2)18(15)21)20(6,7)14-19(3,4)5/h8-9,12-13H,1-2,10-11,14,21H2,3-7H3. The van der Waals surface area contributed by atoms with Crippen molar-refractivity contribution in [3.8, 4) is 0 Å². The summed E-state index contributed by atoms with van der Waals surface area (Å²) in [5.74, 6) is 0. The normalized spacial score (nSPS) is 12.2. The summed E-state index contributed by atoms with van der Waals surface area (Å²) in [7, 11) is 0. The average molecular weight is 285 g/mol. The molecule has 1 heteroatoms. The molecule has 0 saturated carbocycles. The molecule has 1 nitrogen and oxygen atoms in total. The number of benzene rings is 1. The summed E-state index contributed by atoms with van der Waals surface area (Å²) >= 11 is 0. The minimum atomic E-state index is 0.123. The molecule has 0 fully saturated rings. The van der Waals surface area contributed by atoms with Gasteiger partial charge in [-0.15, -0.1) is 13.2 Å². The van der Waals surface area contributed by atoms with Gasteiger partial charge in [0.1, 0.15) is 0 Å². The average Bonchev–Trinajstić information content (AvgIpc) is 2.31. The van der Waals surface area contributed by atoms with E-state index < -0.39 is 0 Å². The largest absolute Gasteiger partial charge is 0.398 e. The summed E-state index contributed by atoms with van der Waals surface area (Å²) in [4.78, 5) is 0. The van der Waals surface area contributed by atoms with Gasteiger partial charge in [-0.25, -0.2) is 0 Å². The first kappa shape index (κ1) is 17.6. The van der Waals surface area contributed by atoms with Crippen LogP contribution in [0.4, 0.5) is 5.69 Å². The van der Waals surface area contributed by atoms with Crippen LogP contribution >= 0.6 is 0 Å². The van der Waals surface area contributed by atoms with Crippen molar-refractivity contribution in [1.29, 1.82) is 0 Å². The van der Waals surface area contributed by atoms with Crippen LogP contribution in [-0.2, 0) is 18.3 Å². The van der Waals surface area contributed by atoms with Crippen molar-refractivity contribution in [1.82, 2.24) is 0 Å². The fourth-order valence-electron chi connectivity index (χ4n) is 3.25. The van der Waals surface area contributed by atoms with E-state index in [1.165, 1.54) is 16.7 Å². The third-order valence-corrected chi connectivity index (χ3v) is 3.83. The Morgan fingerprint density at radius 2 is 1.38 bits per heavy atom. The third-order valence-electron chi connectivity index (χ3n) is 3.83. The number of nitrogens with two attached hydrogens (primary N) is 1. The quantitative estimate of drug-likeness (QED) is 0.546. The van der Waals surface area contributed by atoms with Crippen LogP contribution in [0, 0.1) is 5.41 Å². The topological polar surface area (TPSA) is 26.0 Å². The molecular formula is C20H31N. The molecule has 1 rings (SSSR count). The first-order valence-electron chi connectivity index (χ1n) is 7.74. The van der Waals surface area contributed by atoms with Crippen LogP contribution in [0.25, 0.3) is 0 Å². The van der Waals surface area contributed by atoms with Crippen molar-refractivity contribution in [2.24, 2.45) is 5.41 Å². The number of nitrogen functional groups attached to an aromatic ring is 1. The lowest BCUT2D eigenvalue weighted by atomic mass is 9.71. The number of hydrogen-bond donors (Lipinski definition) is 1. The van der Waals surface area contributed by atoms with Crippen LogP contribution in [0.5, 0.6) is 0 Å². The Bertz CT molecular complexity index is 484. The second-order valence-corrected chi connectivity index (χ2v) is 7.82. The lowest BCUT2D eigenvalue weighted by molar-refractivity contribution is 0.284. The van der Waals surface area contributed by atoms with Gasteiger partial charge >= 0.3 is 0 Å². The van der Waals surface area contributed by atoms with Gasteiger partial charge in [0.05, 0.1) is 0 Å². The van der Waals surface area contributed by atoms with Crippen LogP contribution in [0.15, 0.2) is 37.4 Å². The van der Waals surface area contributed by atoms with Gasteiger partial charge in [0.15, 0.2) is 0 Å². The second kappa shape index (κ2) is 6.51. The molecule has 2 N–H and O–H groups in total. The molecule has 0 unspecified atom stereocenters. The highest BCUT2D eigenvalue weighted by Crippen LogP contribution is 2.38. The van der Waals surface area contributed by atoms with Gasteiger partial charge in [-0.1, -0.05) is 58.9 Å². The fourth-order valence-corrected chi connectivity index (χ4v) is 3.25. The van der Waals surface area contributed by atoms with E-state index >= 15 is 0 Å². The Morgan fingerprint density at radius 3 is 1.71 bits per heavy atom. The molecule has 0 aliphatic rings. The molecular weight excluding hydrogens is 254 g/mol. The van der Waals surface area contributed by atoms with Crippen molar-refractivity contribution < 1.29 is 0 Å². The minimum Gasteiger partial charge on any atom is -0.398 e. The Morgan fingerprint density at radius 1 is 0.952 bits per heavy atom. The summed E-state index contributed by atoms with van der Waals surface area (Å²) in [5, 5.41) is 0. The molecule has 116 valence electrons. The van der Waals surface area contributed by atoms with Crippen molar-refractivity contribution in [3.63, 3.8) is 0 Å². The zero-order chi connectivity index (χ0) is 16.3.